The van der Waals surface area contributed by atoms with Crippen molar-refractivity contribution in [3.63, 3.8) is 0 Å². The van der Waals surface area contributed by atoms with Crippen molar-refractivity contribution in [1.82, 2.24) is 5.32 Å². The van der Waals surface area contributed by atoms with Gasteiger partial charge in [-0.05, 0) is 23.7 Å². The van der Waals surface area contributed by atoms with E-state index >= 15 is 0 Å². The zero-order valence-electron chi connectivity index (χ0n) is 8.77. The molecule has 2 saturated carbocycles. The molecule has 1 N–H and O–H groups in total. The molecule has 1 aliphatic heterocycles. The van der Waals surface area contributed by atoms with Crippen molar-refractivity contribution in [3.8, 4) is 0 Å². The van der Waals surface area contributed by atoms with Gasteiger partial charge in [0.05, 0.1) is 5.57 Å². The van der Waals surface area contributed by atoms with Gasteiger partial charge >= 0.3 is 0 Å². The number of Topliss-reactive ketones (excluding diaryl/α,β-unsaturated/α-hetero) is 2. The Morgan fingerprint density at radius 3 is 1.88 bits per heavy atom. The first kappa shape index (κ1) is 11.5. The van der Waals surface area contributed by atoms with Crippen LogP contribution in [0.25, 0.3) is 0 Å². The Labute approximate surface area is 96.3 Å². The van der Waals surface area contributed by atoms with Crippen molar-refractivity contribution in [2.24, 2.45) is 10.8 Å². The number of hydrogen-bond acceptors (Lipinski definition) is 3. The third kappa shape index (κ3) is 1.38. The quantitative estimate of drug-likeness (QED) is 0.498. The molecule has 0 radical (unpaired) electrons. The summed E-state index contributed by atoms with van der Waals surface area (Å²) in [4.78, 5) is 23.2. The minimum Gasteiger partial charge on any atom is -0.316 e. The molecule has 0 aromatic carbocycles. The van der Waals surface area contributed by atoms with Crippen molar-refractivity contribution in [2.45, 2.75) is 33.1 Å². The first-order valence-electron chi connectivity index (χ1n) is 5.50. The number of allylic oxidation sites excluding steroid dienone is 1. The van der Waals surface area contributed by atoms with Gasteiger partial charge in [-0.15, -0.1) is 0 Å². The standard InChI is InChI=1S/C12H15NO2.CH4/c1-8-9(14)2-11(3-10(8)15)4-12(5-11)6-13-7-12;/h13H,1-7H2;1H4. The Hall–Kier alpha value is -0.960. The third-order valence-electron chi connectivity index (χ3n) is 4.24. The van der Waals surface area contributed by atoms with Crippen LogP contribution in [0.3, 0.4) is 0 Å². The maximum atomic E-state index is 11.6. The van der Waals surface area contributed by atoms with Gasteiger partial charge in [0.2, 0.25) is 0 Å². The number of ketones is 2. The molecule has 0 atom stereocenters. The van der Waals surface area contributed by atoms with E-state index < -0.39 is 0 Å². The molecule has 3 nitrogen and oxygen atoms in total. The molecule has 0 amide bonds. The zero-order valence-corrected chi connectivity index (χ0v) is 8.77. The number of hydrogen-bond donors (Lipinski definition) is 1. The normalized spacial score (nSPS) is 29.6. The van der Waals surface area contributed by atoms with Crippen LogP contribution < -0.4 is 5.32 Å². The van der Waals surface area contributed by atoms with Crippen LogP contribution >= 0.6 is 0 Å². The van der Waals surface area contributed by atoms with Gasteiger partial charge in [0.1, 0.15) is 0 Å². The lowest BCUT2D eigenvalue weighted by molar-refractivity contribution is -0.143. The lowest BCUT2D eigenvalue weighted by atomic mass is 9.46. The van der Waals surface area contributed by atoms with E-state index in [1.165, 1.54) is 0 Å². The molecule has 3 fully saturated rings. The number of nitrogens with one attached hydrogen (secondary N) is 1. The summed E-state index contributed by atoms with van der Waals surface area (Å²) in [5, 5.41) is 3.27. The van der Waals surface area contributed by atoms with E-state index in [0.717, 1.165) is 25.9 Å². The van der Waals surface area contributed by atoms with Crippen LogP contribution in [-0.4, -0.2) is 24.7 Å². The number of carbonyl (C=O) groups excluding carboxylic acids is 2. The average Bonchev–Trinajstić information content (AvgIpc) is 2.06. The highest BCUT2D eigenvalue weighted by atomic mass is 16.1. The summed E-state index contributed by atoms with van der Waals surface area (Å²) < 4.78 is 0. The molecule has 0 unspecified atom stereocenters. The van der Waals surface area contributed by atoms with E-state index in [9.17, 15) is 9.59 Å². The fourth-order valence-corrected chi connectivity index (χ4v) is 3.63. The molecule has 3 rings (SSSR count). The summed E-state index contributed by atoms with van der Waals surface area (Å²) in [7, 11) is 0. The van der Waals surface area contributed by atoms with E-state index in [2.05, 4.69) is 11.9 Å². The Morgan fingerprint density at radius 2 is 1.50 bits per heavy atom. The van der Waals surface area contributed by atoms with Crippen molar-refractivity contribution in [1.29, 1.82) is 0 Å². The van der Waals surface area contributed by atoms with Crippen LogP contribution in [0.2, 0.25) is 0 Å². The Kier molecular flexibility index (Phi) is 2.35. The van der Waals surface area contributed by atoms with Crippen molar-refractivity contribution < 1.29 is 9.59 Å². The molecule has 3 heteroatoms. The molecule has 0 bridgehead atoms. The SMILES string of the molecule is C.C=C1C(=O)CC2(CC1=O)CC1(CNC1)C2. The second-order valence-electron chi connectivity index (χ2n) is 5.64. The molecule has 2 spiro atoms. The number of rotatable bonds is 0. The molecule has 2 aliphatic carbocycles. The van der Waals surface area contributed by atoms with Crippen LogP contribution in [0.5, 0.6) is 0 Å². The van der Waals surface area contributed by atoms with Gasteiger partial charge in [0.15, 0.2) is 11.6 Å². The first-order chi connectivity index (χ1) is 7.04. The zero-order chi connectivity index (χ0) is 10.7. The third-order valence-corrected chi connectivity index (χ3v) is 4.24. The van der Waals surface area contributed by atoms with Crippen molar-refractivity contribution in [3.05, 3.63) is 12.2 Å². The molecule has 16 heavy (non-hydrogen) atoms. The first-order valence-corrected chi connectivity index (χ1v) is 5.50. The van der Waals surface area contributed by atoms with Gasteiger partial charge in [0.25, 0.3) is 0 Å². The lowest BCUT2D eigenvalue weighted by Crippen LogP contribution is -2.65. The van der Waals surface area contributed by atoms with Crippen LogP contribution in [0.1, 0.15) is 33.1 Å². The largest absolute Gasteiger partial charge is 0.316 e. The van der Waals surface area contributed by atoms with Crippen LogP contribution in [-0.2, 0) is 9.59 Å². The summed E-state index contributed by atoms with van der Waals surface area (Å²) in [5.74, 6) is -0.0400. The van der Waals surface area contributed by atoms with Gasteiger partial charge in [-0.2, -0.15) is 0 Å². The Morgan fingerprint density at radius 1 is 1.00 bits per heavy atom. The topological polar surface area (TPSA) is 46.2 Å². The lowest BCUT2D eigenvalue weighted by Gasteiger charge is -2.62. The van der Waals surface area contributed by atoms with Gasteiger partial charge in [-0.1, -0.05) is 14.0 Å². The summed E-state index contributed by atoms with van der Waals surface area (Å²) >= 11 is 0. The van der Waals surface area contributed by atoms with Crippen molar-refractivity contribution in [2.75, 3.05) is 13.1 Å². The molecule has 0 aromatic heterocycles. The average molecular weight is 221 g/mol. The van der Waals surface area contributed by atoms with Gasteiger partial charge in [-0.3, -0.25) is 9.59 Å². The summed E-state index contributed by atoms with van der Waals surface area (Å²) in [6, 6.07) is 0. The predicted octanol–water partition coefficient (Wildman–Crippen LogP) is 1.48. The fraction of sp³-hybridized carbons (Fsp3) is 0.692. The Balaban J connectivity index is 0.000000963. The van der Waals surface area contributed by atoms with Crippen LogP contribution in [0.15, 0.2) is 12.2 Å². The van der Waals surface area contributed by atoms with Gasteiger partial charge in [0, 0.05) is 25.9 Å². The molecule has 1 heterocycles. The molecule has 0 aromatic rings. The minimum atomic E-state index is -0.0200. The Bertz CT molecular complexity index is 349. The highest BCUT2D eigenvalue weighted by Gasteiger charge is 2.59. The minimum absolute atomic E-state index is 0. The smallest absolute Gasteiger partial charge is 0.166 e. The van der Waals surface area contributed by atoms with E-state index in [0.29, 0.717) is 18.3 Å². The van der Waals surface area contributed by atoms with E-state index in [4.69, 9.17) is 0 Å². The molecule has 88 valence electrons. The second-order valence-corrected chi connectivity index (χ2v) is 5.64. The monoisotopic (exact) mass is 221 g/mol. The van der Waals surface area contributed by atoms with E-state index in [-0.39, 0.29) is 30.0 Å². The molecule has 3 aliphatic rings. The molecular weight excluding hydrogens is 202 g/mol. The number of carbonyl (C=O) groups is 2. The molecule has 1 saturated heterocycles. The van der Waals surface area contributed by atoms with Crippen LogP contribution in [0, 0.1) is 10.8 Å². The van der Waals surface area contributed by atoms with E-state index in [1.807, 2.05) is 0 Å². The van der Waals surface area contributed by atoms with Gasteiger partial charge < -0.3 is 5.32 Å². The van der Waals surface area contributed by atoms with E-state index in [1.54, 1.807) is 0 Å². The maximum absolute atomic E-state index is 11.6. The van der Waals surface area contributed by atoms with Gasteiger partial charge in [-0.25, -0.2) is 0 Å². The summed E-state index contributed by atoms with van der Waals surface area (Å²) in [6.45, 7) is 5.69. The predicted molar refractivity (Wildman–Crippen MR) is 62.1 cm³/mol. The highest BCUT2D eigenvalue weighted by molar-refractivity contribution is 6.21. The van der Waals surface area contributed by atoms with Crippen molar-refractivity contribution >= 4 is 11.6 Å². The maximum Gasteiger partial charge on any atom is 0.166 e. The fourth-order valence-electron chi connectivity index (χ4n) is 3.63. The second kappa shape index (κ2) is 3.27. The highest BCUT2D eigenvalue weighted by Crippen LogP contribution is 2.61. The van der Waals surface area contributed by atoms with Crippen LogP contribution in [0.4, 0.5) is 0 Å². The molecular formula is C13H19NO2. The summed E-state index contributed by atoms with van der Waals surface area (Å²) in [6.07, 6.45) is 3.22. The summed E-state index contributed by atoms with van der Waals surface area (Å²) in [5.41, 5.74) is 0.671.